The Hall–Kier alpha value is -2.40. The number of aliphatic hydroxyl groups is 1. The van der Waals surface area contributed by atoms with Gasteiger partial charge in [0.05, 0.1) is 11.5 Å². The van der Waals surface area contributed by atoms with Crippen LogP contribution in [0.25, 0.3) is 0 Å². The van der Waals surface area contributed by atoms with Crippen molar-refractivity contribution in [2.45, 2.75) is 82.8 Å². The van der Waals surface area contributed by atoms with E-state index in [-0.39, 0.29) is 28.6 Å². The molecule has 6 nitrogen and oxygen atoms in total. The maximum absolute atomic E-state index is 12.4. The number of carbonyl (C=O) groups is 1. The summed E-state index contributed by atoms with van der Waals surface area (Å²) in [5.41, 5.74) is 4.27. The Labute approximate surface area is 245 Å². The number of sulfone groups is 1. The summed E-state index contributed by atoms with van der Waals surface area (Å²) in [6.45, 7) is 7.17. The van der Waals surface area contributed by atoms with E-state index in [2.05, 4.69) is 47.9 Å². The van der Waals surface area contributed by atoms with Crippen LogP contribution in [0.5, 0.6) is 0 Å². The Bertz CT molecular complexity index is 1460. The molecular formula is C34H43NO5S. The van der Waals surface area contributed by atoms with E-state index in [1.54, 1.807) is 7.11 Å². The van der Waals surface area contributed by atoms with Crippen LogP contribution in [0.4, 0.5) is 5.69 Å². The standard InChI is InChI=1S/C34H43NO5S/c1-32(2,40-4)15-16-34(37)14-13-30-28-11-7-24-21-26(36)10-12-27(24)31(28)29(22-33(30,34)3)23-5-8-25(9-6-23)35-17-19-41(38,39)20-18-35/h5-6,8-9,21,28-30,37H,7,10-14,17-20,22H2,1-4H3/t28-,29+,30-,33-,34+/m0/s1. The van der Waals surface area contributed by atoms with E-state index in [4.69, 9.17) is 4.74 Å². The molecule has 5 atom stereocenters. The summed E-state index contributed by atoms with van der Waals surface area (Å²) in [7, 11) is -1.29. The van der Waals surface area contributed by atoms with Crippen LogP contribution in [-0.4, -0.2) is 62.2 Å². The Balaban J connectivity index is 1.41. The van der Waals surface area contributed by atoms with Gasteiger partial charge in [-0.1, -0.05) is 36.5 Å². The van der Waals surface area contributed by atoms with Gasteiger partial charge in [0.2, 0.25) is 0 Å². The van der Waals surface area contributed by atoms with Crippen molar-refractivity contribution < 1.29 is 23.1 Å². The average Bonchev–Trinajstić information content (AvgIpc) is 3.22. The minimum absolute atomic E-state index is 0.130. The molecule has 1 aliphatic heterocycles. The lowest BCUT2D eigenvalue weighted by molar-refractivity contribution is -0.114. The van der Waals surface area contributed by atoms with Gasteiger partial charge >= 0.3 is 0 Å². The van der Waals surface area contributed by atoms with Crippen LogP contribution in [0.15, 0.2) is 47.1 Å². The van der Waals surface area contributed by atoms with Crippen LogP contribution < -0.4 is 4.90 Å². The van der Waals surface area contributed by atoms with E-state index >= 15 is 0 Å². The first kappa shape index (κ1) is 28.7. The van der Waals surface area contributed by atoms with Crippen LogP contribution in [0.2, 0.25) is 0 Å². The van der Waals surface area contributed by atoms with Gasteiger partial charge in [-0.2, -0.15) is 0 Å². The number of hydrogen-bond acceptors (Lipinski definition) is 6. The third-order valence-electron chi connectivity index (χ3n) is 11.0. The van der Waals surface area contributed by atoms with E-state index in [0.717, 1.165) is 37.8 Å². The van der Waals surface area contributed by atoms with Crippen molar-refractivity contribution >= 4 is 21.3 Å². The minimum atomic E-state index is -2.94. The summed E-state index contributed by atoms with van der Waals surface area (Å²) < 4.78 is 29.5. The van der Waals surface area contributed by atoms with Gasteiger partial charge < -0.3 is 14.7 Å². The number of anilines is 1. The maximum atomic E-state index is 12.4. The smallest absolute Gasteiger partial charge is 0.156 e. The number of methoxy groups -OCH3 is 1. The van der Waals surface area contributed by atoms with Gasteiger partial charge in [-0.3, -0.25) is 4.79 Å². The average molecular weight is 578 g/mol. The molecule has 2 saturated carbocycles. The molecule has 0 aromatic heterocycles. The van der Waals surface area contributed by atoms with E-state index < -0.39 is 21.0 Å². The van der Waals surface area contributed by atoms with Crippen molar-refractivity contribution in [2.24, 2.45) is 17.3 Å². The number of nitrogens with zero attached hydrogens (tertiary/aromatic N) is 1. The molecule has 3 fully saturated rings. The summed E-state index contributed by atoms with van der Waals surface area (Å²) >= 11 is 0. The fourth-order valence-corrected chi connectivity index (χ4v) is 9.56. The molecule has 0 unspecified atom stereocenters. The Morgan fingerprint density at radius 1 is 1.07 bits per heavy atom. The van der Waals surface area contributed by atoms with E-state index in [0.29, 0.717) is 37.8 Å². The lowest BCUT2D eigenvalue weighted by Gasteiger charge is -2.53. The SMILES string of the molecule is COC(C)(C)C#C[C@]1(O)CC[C@H]2[C@@H]3CCC4=CC(=O)CCC4=C3[C@@H](c3ccc(N4CCS(=O)(=O)CC4)cc3)C[C@@]21C. The predicted molar refractivity (Wildman–Crippen MR) is 161 cm³/mol. The van der Waals surface area contributed by atoms with Crippen molar-refractivity contribution in [3.8, 4) is 11.8 Å². The highest BCUT2D eigenvalue weighted by atomic mass is 32.2. The second-order valence-corrected chi connectivity index (χ2v) is 15.9. The van der Waals surface area contributed by atoms with Crippen LogP contribution in [0.1, 0.15) is 77.2 Å². The zero-order valence-electron chi connectivity index (χ0n) is 24.8. The second kappa shape index (κ2) is 10.1. The quantitative estimate of drug-likeness (QED) is 0.511. The first-order valence-corrected chi connectivity index (χ1v) is 17.0. The molecule has 1 aromatic carbocycles. The van der Waals surface area contributed by atoms with Gasteiger partial charge in [-0.25, -0.2) is 8.42 Å². The Kier molecular flexibility index (Phi) is 7.08. The van der Waals surface area contributed by atoms with Crippen LogP contribution in [0, 0.1) is 29.1 Å². The molecule has 1 heterocycles. The molecular weight excluding hydrogens is 534 g/mol. The topological polar surface area (TPSA) is 83.9 Å². The van der Waals surface area contributed by atoms with Crippen molar-refractivity contribution in [1.29, 1.82) is 0 Å². The van der Waals surface area contributed by atoms with Crippen molar-refractivity contribution in [2.75, 3.05) is 36.6 Å². The third-order valence-corrected chi connectivity index (χ3v) is 12.6. The lowest BCUT2D eigenvalue weighted by Crippen LogP contribution is -2.51. The fraction of sp³-hybridized carbons (Fsp3) is 0.618. The lowest BCUT2D eigenvalue weighted by atomic mass is 9.51. The number of ether oxygens (including phenoxy) is 1. The van der Waals surface area contributed by atoms with Crippen molar-refractivity contribution in [3.63, 3.8) is 0 Å². The van der Waals surface area contributed by atoms with Gasteiger partial charge in [0.1, 0.15) is 11.2 Å². The molecule has 1 N–H and O–H groups in total. The molecule has 0 bridgehead atoms. The van der Waals surface area contributed by atoms with Gasteiger partial charge in [0, 0.05) is 43.6 Å². The second-order valence-electron chi connectivity index (χ2n) is 13.6. The molecule has 0 amide bonds. The molecule has 1 saturated heterocycles. The Morgan fingerprint density at radius 3 is 2.46 bits per heavy atom. The molecule has 41 heavy (non-hydrogen) atoms. The summed E-state index contributed by atoms with van der Waals surface area (Å²) in [4.78, 5) is 14.5. The third kappa shape index (κ3) is 5.00. The van der Waals surface area contributed by atoms with Crippen LogP contribution >= 0.6 is 0 Å². The summed E-state index contributed by atoms with van der Waals surface area (Å²) in [6.07, 6.45) is 7.60. The van der Waals surface area contributed by atoms with Crippen molar-refractivity contribution in [3.05, 3.63) is 52.6 Å². The highest BCUT2D eigenvalue weighted by molar-refractivity contribution is 7.91. The van der Waals surface area contributed by atoms with E-state index in [9.17, 15) is 18.3 Å². The van der Waals surface area contributed by atoms with Crippen LogP contribution in [0.3, 0.4) is 0 Å². The molecule has 6 rings (SSSR count). The Morgan fingerprint density at radius 2 is 1.78 bits per heavy atom. The first-order valence-electron chi connectivity index (χ1n) is 15.2. The molecule has 5 aliphatic rings. The predicted octanol–water partition coefficient (Wildman–Crippen LogP) is 4.98. The van der Waals surface area contributed by atoms with E-state index in [1.807, 2.05) is 19.9 Å². The minimum Gasteiger partial charge on any atom is -0.377 e. The zero-order chi connectivity index (χ0) is 29.2. The maximum Gasteiger partial charge on any atom is 0.156 e. The number of hydrogen-bond donors (Lipinski definition) is 1. The monoisotopic (exact) mass is 577 g/mol. The number of ketones is 1. The van der Waals surface area contributed by atoms with Gasteiger partial charge in [0.15, 0.2) is 15.6 Å². The summed E-state index contributed by atoms with van der Waals surface area (Å²) in [5, 5.41) is 12.2. The van der Waals surface area contributed by atoms with Crippen molar-refractivity contribution in [1.82, 2.24) is 0 Å². The number of rotatable bonds is 3. The number of carbonyl (C=O) groups excluding carboxylic acids is 1. The molecule has 4 aliphatic carbocycles. The van der Waals surface area contributed by atoms with E-state index in [1.165, 1.54) is 22.3 Å². The first-order chi connectivity index (χ1) is 19.3. The zero-order valence-corrected chi connectivity index (χ0v) is 25.6. The molecule has 1 aromatic rings. The highest BCUT2D eigenvalue weighted by Crippen LogP contribution is 2.66. The van der Waals surface area contributed by atoms with Gasteiger partial charge in [-0.15, -0.1) is 0 Å². The summed E-state index contributed by atoms with van der Waals surface area (Å²) in [6, 6.07) is 8.68. The largest absolute Gasteiger partial charge is 0.377 e. The molecule has 0 spiro atoms. The van der Waals surface area contributed by atoms with Gasteiger partial charge in [0.25, 0.3) is 0 Å². The fourth-order valence-electron chi connectivity index (χ4n) is 8.36. The van der Waals surface area contributed by atoms with Gasteiger partial charge in [-0.05, 0) is 99.1 Å². The highest BCUT2D eigenvalue weighted by Gasteiger charge is 2.62. The number of benzene rings is 1. The molecule has 220 valence electrons. The number of fused-ring (bicyclic) bond motifs is 4. The molecule has 0 radical (unpaired) electrons. The van der Waals surface area contributed by atoms with Crippen LogP contribution in [-0.2, 0) is 19.4 Å². The molecule has 7 heteroatoms. The normalized spacial score (nSPS) is 34.7. The summed E-state index contributed by atoms with van der Waals surface area (Å²) in [5.74, 6) is 8.03. The number of allylic oxidation sites excluding steroid dienone is 4.